The lowest BCUT2D eigenvalue weighted by Crippen LogP contribution is -2.47. The molecule has 1 atom stereocenters. The molecule has 3 rings (SSSR count). The average Bonchev–Trinajstić information content (AvgIpc) is 2.92. The van der Waals surface area contributed by atoms with Gasteiger partial charge in [-0.05, 0) is 55.8 Å². The quantitative estimate of drug-likeness (QED) is 0.261. The Balaban J connectivity index is 1.75. The van der Waals surface area contributed by atoms with Crippen molar-refractivity contribution in [3.8, 4) is 0 Å². The number of sulfone groups is 1. The van der Waals surface area contributed by atoms with Gasteiger partial charge in [-0.25, -0.2) is 16.8 Å². The van der Waals surface area contributed by atoms with Crippen LogP contribution in [0.15, 0.2) is 47.4 Å². The van der Waals surface area contributed by atoms with Crippen LogP contribution >= 0.6 is 0 Å². The molecule has 1 aliphatic heterocycles. The maximum Gasteiger partial charge on any atom is 0.257 e. The molecule has 1 heterocycles. The second kappa shape index (κ2) is 15.0. The van der Waals surface area contributed by atoms with E-state index in [2.05, 4.69) is 34.7 Å². The minimum atomic E-state index is -3.62. The molecule has 0 bridgehead atoms. The SMILES string of the molecule is CCCCCCCS(=O)(=O)c1ccc(NC(=O)c2cc(N[C@H](C)CN3CCNCC3)ccc2N(C)S(C)(=O)=O)cc1. The number of piperazine rings is 1. The number of hydrogen-bond acceptors (Lipinski definition) is 8. The highest BCUT2D eigenvalue weighted by Crippen LogP contribution is 2.27. The zero-order valence-corrected chi connectivity index (χ0v) is 26.3. The maximum atomic E-state index is 13.4. The third-order valence-electron chi connectivity index (χ3n) is 7.22. The van der Waals surface area contributed by atoms with Crippen LogP contribution in [0.5, 0.6) is 0 Å². The van der Waals surface area contributed by atoms with Gasteiger partial charge < -0.3 is 16.0 Å². The number of carbonyl (C=O) groups excluding carboxylic acids is 1. The molecule has 2 aromatic carbocycles. The summed E-state index contributed by atoms with van der Waals surface area (Å²) in [7, 11) is -5.62. The molecule has 1 fully saturated rings. The largest absolute Gasteiger partial charge is 0.381 e. The van der Waals surface area contributed by atoms with E-state index in [4.69, 9.17) is 0 Å². The Labute approximate surface area is 245 Å². The van der Waals surface area contributed by atoms with Crippen molar-refractivity contribution in [2.75, 3.05) is 66.7 Å². The molecule has 0 aromatic heterocycles. The molecular formula is C29H45N5O5S2. The van der Waals surface area contributed by atoms with Crippen LogP contribution in [0, 0.1) is 0 Å². The van der Waals surface area contributed by atoms with E-state index >= 15 is 0 Å². The molecule has 1 aliphatic rings. The Morgan fingerprint density at radius 3 is 2.24 bits per heavy atom. The molecule has 228 valence electrons. The molecule has 1 amide bonds. The maximum absolute atomic E-state index is 13.4. The van der Waals surface area contributed by atoms with E-state index in [0.29, 0.717) is 17.8 Å². The number of sulfonamides is 1. The summed E-state index contributed by atoms with van der Waals surface area (Å²) in [5.74, 6) is -0.406. The topological polar surface area (TPSA) is 128 Å². The van der Waals surface area contributed by atoms with E-state index in [1.54, 1.807) is 30.3 Å². The number of rotatable bonds is 15. The van der Waals surface area contributed by atoms with E-state index in [1.165, 1.54) is 19.2 Å². The molecule has 41 heavy (non-hydrogen) atoms. The number of hydrogen-bond donors (Lipinski definition) is 3. The zero-order chi connectivity index (χ0) is 30.0. The summed E-state index contributed by atoms with van der Waals surface area (Å²) >= 11 is 0. The Morgan fingerprint density at radius 1 is 0.976 bits per heavy atom. The van der Waals surface area contributed by atoms with E-state index in [-0.39, 0.29) is 27.9 Å². The van der Waals surface area contributed by atoms with Crippen molar-refractivity contribution < 1.29 is 21.6 Å². The molecule has 1 saturated heterocycles. The number of nitrogens with one attached hydrogen (secondary N) is 3. The molecular weight excluding hydrogens is 562 g/mol. The lowest BCUT2D eigenvalue weighted by molar-refractivity contribution is 0.102. The van der Waals surface area contributed by atoms with E-state index in [0.717, 1.165) is 69.0 Å². The molecule has 0 aliphatic carbocycles. The van der Waals surface area contributed by atoms with E-state index < -0.39 is 25.8 Å². The number of unbranched alkanes of at least 4 members (excludes halogenated alkanes) is 4. The normalized spacial score (nSPS) is 15.3. The molecule has 0 unspecified atom stereocenters. The third-order valence-corrected chi connectivity index (χ3v) is 10.2. The van der Waals surface area contributed by atoms with Crippen molar-refractivity contribution in [3.05, 3.63) is 48.0 Å². The van der Waals surface area contributed by atoms with E-state index in [9.17, 15) is 21.6 Å². The summed E-state index contributed by atoms with van der Waals surface area (Å²) in [5.41, 5.74) is 1.53. The molecule has 0 radical (unpaired) electrons. The van der Waals surface area contributed by atoms with Gasteiger partial charge in [0.05, 0.1) is 28.2 Å². The molecule has 0 spiro atoms. The number of amides is 1. The summed E-state index contributed by atoms with van der Waals surface area (Å²) in [4.78, 5) is 16.0. The minimum Gasteiger partial charge on any atom is -0.381 e. The van der Waals surface area contributed by atoms with Crippen LogP contribution in [0.2, 0.25) is 0 Å². The first-order chi connectivity index (χ1) is 19.4. The fraction of sp³-hybridized carbons (Fsp3) is 0.552. The van der Waals surface area contributed by atoms with E-state index in [1.807, 2.05) is 0 Å². The number of benzene rings is 2. The van der Waals surface area contributed by atoms with Gasteiger partial charge in [0.15, 0.2) is 9.84 Å². The highest BCUT2D eigenvalue weighted by Gasteiger charge is 2.22. The Bertz CT molecular complexity index is 1360. The lowest BCUT2D eigenvalue weighted by atomic mass is 10.1. The Morgan fingerprint density at radius 2 is 1.61 bits per heavy atom. The van der Waals surface area contributed by atoms with Gasteiger partial charge in [-0.1, -0.05) is 32.6 Å². The molecule has 12 heteroatoms. The van der Waals surface area contributed by atoms with Gasteiger partial charge in [-0.3, -0.25) is 14.0 Å². The van der Waals surface area contributed by atoms with Crippen molar-refractivity contribution in [2.24, 2.45) is 0 Å². The van der Waals surface area contributed by atoms with Crippen LogP contribution < -0.4 is 20.3 Å². The van der Waals surface area contributed by atoms with Gasteiger partial charge in [0, 0.05) is 57.2 Å². The van der Waals surface area contributed by atoms with Crippen LogP contribution in [-0.2, 0) is 19.9 Å². The van der Waals surface area contributed by atoms with Crippen molar-refractivity contribution >= 4 is 42.8 Å². The fourth-order valence-electron chi connectivity index (χ4n) is 4.83. The summed E-state index contributed by atoms with van der Waals surface area (Å²) in [6.07, 6.45) is 5.82. The molecule has 2 aromatic rings. The first kappa shape index (κ1) is 32.8. The predicted molar refractivity (Wildman–Crippen MR) is 167 cm³/mol. The second-order valence-corrected chi connectivity index (χ2v) is 14.9. The van der Waals surface area contributed by atoms with Crippen LogP contribution in [0.25, 0.3) is 0 Å². The predicted octanol–water partition coefficient (Wildman–Crippen LogP) is 3.78. The highest BCUT2D eigenvalue weighted by atomic mass is 32.2. The molecule has 0 saturated carbocycles. The summed E-state index contributed by atoms with van der Waals surface area (Å²) in [6, 6.07) is 11.2. The summed E-state index contributed by atoms with van der Waals surface area (Å²) in [6.45, 7) is 8.87. The van der Waals surface area contributed by atoms with Gasteiger partial charge in [-0.2, -0.15) is 0 Å². The fourth-order valence-corrected chi connectivity index (χ4v) is 6.72. The van der Waals surface area contributed by atoms with Gasteiger partial charge in [0.1, 0.15) is 0 Å². The van der Waals surface area contributed by atoms with Crippen LogP contribution in [0.3, 0.4) is 0 Å². The van der Waals surface area contributed by atoms with Crippen molar-refractivity contribution in [2.45, 2.75) is 56.9 Å². The second-order valence-electron chi connectivity index (χ2n) is 10.8. The average molecular weight is 608 g/mol. The van der Waals surface area contributed by atoms with Crippen molar-refractivity contribution in [1.82, 2.24) is 10.2 Å². The monoisotopic (exact) mass is 607 g/mol. The van der Waals surface area contributed by atoms with Gasteiger partial charge in [-0.15, -0.1) is 0 Å². The number of anilines is 3. The van der Waals surface area contributed by atoms with Crippen molar-refractivity contribution in [3.63, 3.8) is 0 Å². The molecule has 10 nitrogen and oxygen atoms in total. The highest BCUT2D eigenvalue weighted by molar-refractivity contribution is 7.92. The van der Waals surface area contributed by atoms with Crippen LogP contribution in [0.1, 0.15) is 56.3 Å². The van der Waals surface area contributed by atoms with Crippen LogP contribution in [-0.4, -0.2) is 85.5 Å². The summed E-state index contributed by atoms with van der Waals surface area (Å²) < 4.78 is 51.2. The standard InChI is InChI=1S/C29H45N5O5S2/c1-5-6-7-8-9-20-41(38,39)26-13-10-24(11-14-26)32-29(35)27-21-25(12-15-28(27)33(3)40(4,36)37)31-23(2)22-34-18-16-30-17-19-34/h10-15,21,23,30-31H,5-9,16-20,22H2,1-4H3,(H,32,35)/t23-/m1/s1. The van der Waals surface area contributed by atoms with Crippen LogP contribution in [0.4, 0.5) is 17.1 Å². The Hall–Kier alpha value is -2.67. The Kier molecular flexibility index (Phi) is 12.0. The first-order valence-corrected chi connectivity index (χ1v) is 17.8. The van der Waals surface area contributed by atoms with Gasteiger partial charge >= 0.3 is 0 Å². The van der Waals surface area contributed by atoms with Gasteiger partial charge in [0.2, 0.25) is 10.0 Å². The molecule has 3 N–H and O–H groups in total. The summed E-state index contributed by atoms with van der Waals surface area (Å²) in [5, 5.41) is 9.57. The van der Waals surface area contributed by atoms with Gasteiger partial charge in [0.25, 0.3) is 5.91 Å². The first-order valence-electron chi connectivity index (χ1n) is 14.3. The smallest absolute Gasteiger partial charge is 0.257 e. The number of nitrogens with zero attached hydrogens (tertiary/aromatic N) is 2. The van der Waals surface area contributed by atoms with Crippen molar-refractivity contribution in [1.29, 1.82) is 0 Å². The lowest BCUT2D eigenvalue weighted by Gasteiger charge is -2.30. The number of carbonyl (C=O) groups is 1. The third kappa shape index (κ3) is 9.98. The zero-order valence-electron chi connectivity index (χ0n) is 24.6. The minimum absolute atomic E-state index is 0.0937.